The third kappa shape index (κ3) is 1.52. The maximum absolute atomic E-state index is 5.70. The molecule has 1 aliphatic carbocycles. The molecule has 2 rings (SSSR count). The molecule has 0 aliphatic heterocycles. The molecule has 92 valence electrons. The predicted octanol–water partition coefficient (Wildman–Crippen LogP) is 4.44. The van der Waals surface area contributed by atoms with Gasteiger partial charge in [-0.3, -0.25) is 0 Å². The lowest BCUT2D eigenvalue weighted by Gasteiger charge is -2.27. The Kier molecular flexibility index (Phi) is 3.03. The number of benzene rings is 1. The van der Waals surface area contributed by atoms with E-state index in [1.165, 1.54) is 22.3 Å². The Labute approximate surface area is 104 Å². The number of rotatable bonds is 3. The summed E-state index contributed by atoms with van der Waals surface area (Å²) in [6.45, 7) is 9.01. The molecule has 0 heterocycles. The van der Waals surface area contributed by atoms with Crippen LogP contribution < -0.4 is 0 Å². The van der Waals surface area contributed by atoms with E-state index in [4.69, 9.17) is 4.74 Å². The fourth-order valence-electron chi connectivity index (χ4n) is 3.17. The second kappa shape index (κ2) is 4.21. The van der Waals surface area contributed by atoms with E-state index < -0.39 is 0 Å². The van der Waals surface area contributed by atoms with Crippen LogP contribution in [0.3, 0.4) is 0 Å². The van der Waals surface area contributed by atoms with Crippen LogP contribution in [0.25, 0.3) is 5.76 Å². The summed E-state index contributed by atoms with van der Waals surface area (Å²) >= 11 is 0. The van der Waals surface area contributed by atoms with Crippen LogP contribution in [0.1, 0.15) is 50.3 Å². The van der Waals surface area contributed by atoms with Crippen LogP contribution in [0.4, 0.5) is 0 Å². The fraction of sp³-hybridized carbons (Fsp3) is 0.500. The van der Waals surface area contributed by atoms with Crippen LogP contribution in [-0.4, -0.2) is 7.11 Å². The van der Waals surface area contributed by atoms with Crippen molar-refractivity contribution in [1.29, 1.82) is 0 Å². The van der Waals surface area contributed by atoms with E-state index in [0.717, 1.165) is 18.6 Å². The number of ether oxygens (including phenoxy) is 1. The first-order chi connectivity index (χ1) is 8.10. The van der Waals surface area contributed by atoms with Crippen molar-refractivity contribution in [2.45, 2.75) is 46.0 Å². The zero-order valence-corrected chi connectivity index (χ0v) is 11.6. The van der Waals surface area contributed by atoms with Crippen LogP contribution in [0.2, 0.25) is 0 Å². The Morgan fingerprint density at radius 3 is 2.47 bits per heavy atom. The van der Waals surface area contributed by atoms with Crippen molar-refractivity contribution in [3.63, 3.8) is 0 Å². The van der Waals surface area contributed by atoms with Crippen molar-refractivity contribution in [2.24, 2.45) is 0 Å². The quantitative estimate of drug-likeness (QED) is 0.745. The number of fused-ring (bicyclic) bond motifs is 1. The van der Waals surface area contributed by atoms with Crippen LogP contribution in [0.15, 0.2) is 23.8 Å². The Morgan fingerprint density at radius 1 is 1.24 bits per heavy atom. The summed E-state index contributed by atoms with van der Waals surface area (Å²) in [6, 6.07) is 6.59. The minimum absolute atomic E-state index is 0.154. The van der Waals surface area contributed by atoms with Gasteiger partial charge in [0, 0.05) is 11.0 Å². The number of hydrogen-bond acceptors (Lipinski definition) is 1. The van der Waals surface area contributed by atoms with Crippen molar-refractivity contribution in [1.82, 2.24) is 0 Å². The van der Waals surface area contributed by atoms with Gasteiger partial charge in [-0.05, 0) is 36.5 Å². The van der Waals surface area contributed by atoms with E-state index in [0.29, 0.717) is 0 Å². The van der Waals surface area contributed by atoms with Gasteiger partial charge in [0.25, 0.3) is 0 Å². The number of aryl methyl sites for hydroxylation is 1. The van der Waals surface area contributed by atoms with Crippen molar-refractivity contribution < 1.29 is 4.74 Å². The van der Waals surface area contributed by atoms with Gasteiger partial charge in [-0.25, -0.2) is 0 Å². The first-order valence-corrected chi connectivity index (χ1v) is 6.48. The third-order valence-electron chi connectivity index (χ3n) is 4.30. The molecule has 0 saturated carbocycles. The van der Waals surface area contributed by atoms with Crippen molar-refractivity contribution >= 4 is 5.76 Å². The van der Waals surface area contributed by atoms with Crippen molar-refractivity contribution in [3.05, 3.63) is 40.5 Å². The second-order valence-electron chi connectivity index (χ2n) is 5.05. The smallest absolute Gasteiger partial charge is 0.126 e. The summed E-state index contributed by atoms with van der Waals surface area (Å²) in [6.07, 6.45) is 2.18. The summed E-state index contributed by atoms with van der Waals surface area (Å²) in [7, 11) is 1.79. The molecule has 0 aromatic heterocycles. The van der Waals surface area contributed by atoms with E-state index in [9.17, 15) is 0 Å². The molecule has 0 spiro atoms. The van der Waals surface area contributed by atoms with E-state index in [2.05, 4.69) is 45.9 Å². The number of hydrogen-bond donors (Lipinski definition) is 0. The fourth-order valence-corrected chi connectivity index (χ4v) is 3.17. The van der Waals surface area contributed by atoms with Gasteiger partial charge in [0.1, 0.15) is 5.76 Å². The first kappa shape index (κ1) is 12.2. The molecular formula is C16H22O. The monoisotopic (exact) mass is 230 g/mol. The molecule has 1 atom stereocenters. The first-order valence-electron chi connectivity index (χ1n) is 6.48. The lowest BCUT2D eigenvalue weighted by molar-refractivity contribution is 0.363. The highest BCUT2D eigenvalue weighted by molar-refractivity contribution is 5.78. The van der Waals surface area contributed by atoms with Gasteiger partial charge in [-0.1, -0.05) is 39.0 Å². The summed E-state index contributed by atoms with van der Waals surface area (Å²) in [4.78, 5) is 0. The Hall–Kier alpha value is -1.24. The minimum atomic E-state index is 0.154. The van der Waals surface area contributed by atoms with Crippen LogP contribution in [-0.2, 0) is 10.2 Å². The highest BCUT2D eigenvalue weighted by atomic mass is 16.5. The summed E-state index contributed by atoms with van der Waals surface area (Å²) in [5.74, 6) is 1.12. The molecule has 0 fully saturated rings. The summed E-state index contributed by atoms with van der Waals surface area (Å²) in [5.41, 5.74) is 5.70. The molecule has 17 heavy (non-hydrogen) atoms. The average Bonchev–Trinajstić information content (AvgIpc) is 2.60. The maximum atomic E-state index is 5.70. The van der Waals surface area contributed by atoms with E-state index >= 15 is 0 Å². The van der Waals surface area contributed by atoms with Crippen LogP contribution >= 0.6 is 0 Å². The normalized spacial score (nSPS) is 22.9. The average molecular weight is 230 g/mol. The van der Waals surface area contributed by atoms with E-state index in [1.54, 1.807) is 7.11 Å². The standard InChI is InChI=1S/C16H22O/c1-6-12-15(17-5)14-11(3)9-8-10-13(14)16(12,4)7-2/h8-10H,6-7H2,1-5H3. The predicted molar refractivity (Wildman–Crippen MR) is 73.0 cm³/mol. The zero-order valence-electron chi connectivity index (χ0n) is 11.6. The Morgan fingerprint density at radius 2 is 1.94 bits per heavy atom. The molecule has 1 aliphatic rings. The second-order valence-corrected chi connectivity index (χ2v) is 5.05. The van der Waals surface area contributed by atoms with Gasteiger partial charge in [0.2, 0.25) is 0 Å². The molecule has 1 nitrogen and oxygen atoms in total. The van der Waals surface area contributed by atoms with Crippen molar-refractivity contribution in [3.8, 4) is 0 Å². The maximum Gasteiger partial charge on any atom is 0.126 e. The minimum Gasteiger partial charge on any atom is -0.496 e. The SMILES string of the molecule is CCC1=C(OC)c2c(C)cccc2C1(C)CC. The molecule has 1 unspecified atom stereocenters. The van der Waals surface area contributed by atoms with E-state index in [1.807, 2.05) is 0 Å². The van der Waals surface area contributed by atoms with Gasteiger partial charge >= 0.3 is 0 Å². The van der Waals surface area contributed by atoms with Crippen molar-refractivity contribution in [2.75, 3.05) is 7.11 Å². The third-order valence-corrected chi connectivity index (χ3v) is 4.30. The number of methoxy groups -OCH3 is 1. The summed E-state index contributed by atoms with van der Waals surface area (Å²) < 4.78 is 5.70. The van der Waals surface area contributed by atoms with Gasteiger partial charge < -0.3 is 4.74 Å². The lowest BCUT2D eigenvalue weighted by atomic mass is 9.76. The molecule has 0 saturated heterocycles. The molecule has 1 heteroatoms. The number of allylic oxidation sites excluding steroid dienone is 1. The Bertz CT molecular complexity index is 470. The molecule has 0 radical (unpaired) electrons. The largest absolute Gasteiger partial charge is 0.496 e. The highest BCUT2D eigenvalue weighted by Gasteiger charge is 2.40. The van der Waals surface area contributed by atoms with Gasteiger partial charge in [-0.2, -0.15) is 0 Å². The molecule has 1 aromatic rings. The Balaban J connectivity index is 2.76. The molecule has 0 amide bonds. The topological polar surface area (TPSA) is 9.23 Å². The molecular weight excluding hydrogens is 208 g/mol. The summed E-state index contributed by atoms with van der Waals surface area (Å²) in [5, 5.41) is 0. The van der Waals surface area contributed by atoms with Gasteiger partial charge in [-0.15, -0.1) is 0 Å². The van der Waals surface area contributed by atoms with Crippen LogP contribution in [0.5, 0.6) is 0 Å². The molecule has 0 N–H and O–H groups in total. The van der Waals surface area contributed by atoms with Gasteiger partial charge in [0.05, 0.1) is 7.11 Å². The molecule has 0 bridgehead atoms. The zero-order chi connectivity index (χ0) is 12.6. The van der Waals surface area contributed by atoms with E-state index in [-0.39, 0.29) is 5.41 Å². The lowest BCUT2D eigenvalue weighted by Crippen LogP contribution is -2.20. The van der Waals surface area contributed by atoms with Gasteiger partial charge in [0.15, 0.2) is 0 Å². The molecule has 1 aromatic carbocycles. The van der Waals surface area contributed by atoms with Crippen LogP contribution in [0, 0.1) is 6.92 Å². The highest BCUT2D eigenvalue weighted by Crippen LogP contribution is 2.50.